The molecule has 0 radical (unpaired) electrons. The summed E-state index contributed by atoms with van der Waals surface area (Å²) >= 11 is 0. The third kappa shape index (κ3) is 20.4. The van der Waals surface area contributed by atoms with Crippen molar-refractivity contribution < 1.29 is 67.6 Å². The highest BCUT2D eigenvalue weighted by atomic mass is 16.6. The second-order valence-electron chi connectivity index (χ2n) is 28.2. The van der Waals surface area contributed by atoms with Crippen LogP contribution in [0.1, 0.15) is 139 Å². The van der Waals surface area contributed by atoms with Crippen LogP contribution in [-0.2, 0) is 65.4 Å². The number of carbonyl (C=O) groups is 9. The lowest BCUT2D eigenvalue weighted by molar-refractivity contribution is -0.148. The van der Waals surface area contributed by atoms with E-state index in [2.05, 4.69) is 37.2 Å². The maximum atomic E-state index is 14.7. The number of anilines is 1. The maximum Gasteiger partial charge on any atom is 0.312 e. The van der Waals surface area contributed by atoms with E-state index in [0.717, 1.165) is 11.1 Å². The molecule has 0 aromatic heterocycles. The molecule has 26 nitrogen and oxygen atoms in total. The smallest absolute Gasteiger partial charge is 0.312 e. The number of primary amides is 1. The molecular weight excluding hydrogens is 1220 g/mol. The molecule has 13 N–H and O–H groups in total. The van der Waals surface area contributed by atoms with Gasteiger partial charge >= 0.3 is 6.03 Å². The Kier molecular flexibility index (Phi) is 29.0. The fraction of sp³-hybridized carbons (Fsp3) is 0.696. The normalized spacial score (nSPS) is 23.5. The van der Waals surface area contributed by atoms with Gasteiger partial charge in [-0.25, -0.2) is 4.79 Å². The van der Waals surface area contributed by atoms with Crippen LogP contribution in [0.3, 0.4) is 0 Å². The summed E-state index contributed by atoms with van der Waals surface area (Å²) in [5.74, 6) is -5.16. The summed E-state index contributed by atoms with van der Waals surface area (Å²) in [5, 5.41) is 41.5. The number of methoxy groups -OCH3 is 2. The van der Waals surface area contributed by atoms with E-state index in [-0.39, 0.29) is 80.7 Å². The zero-order valence-corrected chi connectivity index (χ0v) is 58.9. The van der Waals surface area contributed by atoms with Crippen molar-refractivity contribution in [2.24, 2.45) is 41.1 Å². The van der Waals surface area contributed by atoms with Gasteiger partial charge in [0.05, 0.1) is 49.1 Å². The van der Waals surface area contributed by atoms with Gasteiger partial charge in [-0.3, -0.25) is 43.3 Å². The fourth-order valence-electron chi connectivity index (χ4n) is 13.6. The summed E-state index contributed by atoms with van der Waals surface area (Å²) in [6.07, 6.45) is -1.63. The van der Waals surface area contributed by atoms with Crippen LogP contribution in [0, 0.1) is 29.6 Å². The first-order valence-electron chi connectivity index (χ1n) is 33.7. The minimum Gasteiger partial charge on any atom is -0.387 e. The van der Waals surface area contributed by atoms with Gasteiger partial charge in [-0.1, -0.05) is 111 Å². The molecule has 1 saturated carbocycles. The Balaban J connectivity index is 1.23. The molecule has 5 rings (SSSR count). The summed E-state index contributed by atoms with van der Waals surface area (Å²) in [5.41, 5.74) is 9.18. The maximum absolute atomic E-state index is 14.7. The van der Waals surface area contributed by atoms with E-state index in [1.54, 1.807) is 68.8 Å². The average Bonchev–Trinajstić information content (AvgIpc) is 1.54. The lowest BCUT2D eigenvalue weighted by Gasteiger charge is -2.41. The first-order valence-corrected chi connectivity index (χ1v) is 33.7. The Morgan fingerprint density at radius 3 is 1.95 bits per heavy atom. The minimum absolute atomic E-state index is 0.00571. The molecule has 0 bridgehead atoms. The highest BCUT2D eigenvalue weighted by molar-refractivity contribution is 5.99. The molecule has 2 aliphatic heterocycles. The van der Waals surface area contributed by atoms with Gasteiger partial charge in [0, 0.05) is 59.1 Å². The summed E-state index contributed by atoms with van der Waals surface area (Å²) in [7, 11) is 8.41. The Hall–Kier alpha value is -6.81. The third-order valence-corrected chi connectivity index (χ3v) is 19.4. The molecule has 1 spiro atoms. The van der Waals surface area contributed by atoms with E-state index in [4.69, 9.17) is 25.7 Å². The van der Waals surface area contributed by atoms with Gasteiger partial charge in [0.2, 0.25) is 47.3 Å². The van der Waals surface area contributed by atoms with E-state index in [9.17, 15) is 53.4 Å². The highest BCUT2D eigenvalue weighted by Gasteiger charge is 2.71. The van der Waals surface area contributed by atoms with Crippen LogP contribution in [0.5, 0.6) is 0 Å². The van der Waals surface area contributed by atoms with Gasteiger partial charge in [-0.15, -0.1) is 0 Å². The number of hydrogen-bond donors (Lipinski definition) is 11. The SMILES string of the molecule is CCC(C)C(C(CC(=O)N1CCCC1C(OC)C(C)C(=O)NC(C)(Cc1ccccc1)C(=O)NCCc1ccc(NC(=O)C(CCCNC(N)=O)NC(=O)[C@H](NC(=O)C[C@]2(C)O[C@]3(C[C@@H]3N)C(O)C2O)C(C)C)cc1)OC)N(C)C(=O)[C@@H](NC(=O)C(C(C)C)N(C)C)C(C)C. The molecule has 26 heteroatoms. The number of likely N-dealkylation sites (N-methyl/N-ethyl adjacent to an activating group) is 2. The lowest BCUT2D eigenvalue weighted by atomic mass is 9.88. The van der Waals surface area contributed by atoms with Gasteiger partial charge in [0.25, 0.3) is 0 Å². The predicted molar refractivity (Wildman–Crippen MR) is 361 cm³/mol. The van der Waals surface area contributed by atoms with E-state index in [1.807, 2.05) is 90.9 Å². The van der Waals surface area contributed by atoms with Crippen molar-refractivity contribution in [3.63, 3.8) is 0 Å². The number of hydrogen-bond acceptors (Lipinski definition) is 16. The molecule has 2 heterocycles. The number of carbonyl (C=O) groups excluding carboxylic acids is 9. The van der Waals surface area contributed by atoms with Gasteiger partial charge < -0.3 is 82.9 Å². The van der Waals surface area contributed by atoms with Crippen LogP contribution >= 0.6 is 0 Å². The van der Waals surface area contributed by atoms with Crippen molar-refractivity contribution in [3.05, 3.63) is 65.7 Å². The number of benzene rings is 2. The molecule has 2 aromatic carbocycles. The molecule has 1 aliphatic carbocycles. The first-order chi connectivity index (χ1) is 44.6. The number of ether oxygens (including phenoxy) is 3. The number of urea groups is 1. The van der Waals surface area contributed by atoms with Crippen LogP contribution in [0.25, 0.3) is 0 Å². The highest BCUT2D eigenvalue weighted by Crippen LogP contribution is 2.53. The van der Waals surface area contributed by atoms with Crippen molar-refractivity contribution in [2.75, 3.05) is 60.3 Å². The van der Waals surface area contributed by atoms with E-state index in [1.165, 1.54) is 21.1 Å². The molecule has 3 fully saturated rings. The van der Waals surface area contributed by atoms with Gasteiger partial charge in [0.15, 0.2) is 0 Å². The Morgan fingerprint density at radius 1 is 0.779 bits per heavy atom. The quantitative estimate of drug-likeness (QED) is 0.0437. The molecule has 10 amide bonds. The number of amides is 10. The minimum atomic E-state index is -1.48. The van der Waals surface area contributed by atoms with Crippen LogP contribution < -0.4 is 48.7 Å². The lowest BCUT2D eigenvalue weighted by Crippen LogP contribution is -2.61. The van der Waals surface area contributed by atoms with Crippen LogP contribution in [-0.4, -0.2) is 217 Å². The van der Waals surface area contributed by atoms with E-state index >= 15 is 0 Å². The number of rotatable bonds is 36. The summed E-state index contributed by atoms with van der Waals surface area (Å²) < 4.78 is 18.2. The predicted octanol–water partition coefficient (Wildman–Crippen LogP) is 2.49. The zero-order valence-electron chi connectivity index (χ0n) is 58.9. The van der Waals surface area contributed by atoms with Crippen LogP contribution in [0.2, 0.25) is 0 Å². The Morgan fingerprint density at radius 2 is 1.41 bits per heavy atom. The van der Waals surface area contributed by atoms with Crippen molar-refractivity contribution in [1.82, 2.24) is 46.6 Å². The Bertz CT molecular complexity index is 2910. The van der Waals surface area contributed by atoms with Crippen molar-refractivity contribution in [1.29, 1.82) is 0 Å². The number of nitrogens with two attached hydrogens (primary N) is 2. The standard InChI is InChI=1S/C69H112N12O14/c1-17-42(8)56(80(14)64(90)54(40(4)5)77-63(89)55(41(6)7)79(12)13)49(93-15)35-52(83)81-34-22-26-48(81)57(94-16)43(9)60(86)78-67(10,36-45-23-19-18-20-24-45)65(91)72-33-31-44-27-29-46(30-28-44)74-61(87)47(25-21-32-73-66(71)92)75-62(88)53(39(2)3)76-51(82)38-68(11)58(84)59(85)69(95-68)37-50(69)70/h18-20,23-24,27-30,39-43,47-50,53-59,84-85H,17,21-22,25-26,31-38,70H2,1-16H3,(H,72,91)(H,74,87)(H,75,88)(H,76,82)(H,77,89)(H,78,86)(H3,71,73,92)/t42?,43?,47?,48?,49?,50-,53+,54-,55?,56?,57?,58?,59?,67?,68-,69-/m0/s1. The molecular formula is C69H112N12O14. The third-order valence-electron chi connectivity index (χ3n) is 19.4. The first kappa shape index (κ1) is 78.9. The summed E-state index contributed by atoms with van der Waals surface area (Å²) in [6, 6.07) is 10.4. The Labute approximate surface area is 561 Å². The molecule has 95 heavy (non-hydrogen) atoms. The number of nitrogens with one attached hydrogen (secondary N) is 7. The van der Waals surface area contributed by atoms with Crippen molar-refractivity contribution in [2.45, 2.75) is 224 Å². The van der Waals surface area contributed by atoms with Crippen molar-refractivity contribution >= 4 is 59.0 Å². The van der Waals surface area contributed by atoms with Gasteiger partial charge in [-0.2, -0.15) is 0 Å². The topological polar surface area (TPSA) is 368 Å². The number of nitrogens with zero attached hydrogens (tertiary/aromatic N) is 3. The summed E-state index contributed by atoms with van der Waals surface area (Å²) in [6.45, 7) is 20.7. The molecule has 2 aromatic rings. The largest absolute Gasteiger partial charge is 0.387 e. The van der Waals surface area contributed by atoms with Gasteiger partial charge in [0.1, 0.15) is 47.1 Å². The molecule has 11 unspecified atom stereocenters. The number of aliphatic hydroxyl groups excluding tert-OH is 2. The number of aliphatic hydroxyl groups is 2. The van der Waals surface area contributed by atoms with Gasteiger partial charge in [-0.05, 0) is 113 Å². The van der Waals surface area contributed by atoms with Crippen LogP contribution in [0.4, 0.5) is 10.5 Å². The fourth-order valence-corrected chi connectivity index (χ4v) is 13.6. The average molecular weight is 1330 g/mol. The van der Waals surface area contributed by atoms with Crippen molar-refractivity contribution in [3.8, 4) is 0 Å². The van der Waals surface area contributed by atoms with E-state index < -0.39 is 131 Å². The second kappa shape index (κ2) is 34.9. The molecule has 2 saturated heterocycles. The van der Waals surface area contributed by atoms with E-state index in [0.29, 0.717) is 44.3 Å². The summed E-state index contributed by atoms with van der Waals surface area (Å²) in [4.78, 5) is 130. The molecule has 16 atom stereocenters. The number of likely N-dealkylation sites (tertiary alicyclic amines) is 1. The second-order valence-corrected chi connectivity index (χ2v) is 28.2. The molecule has 532 valence electrons. The molecule has 3 aliphatic rings. The zero-order chi connectivity index (χ0) is 71.0. The van der Waals surface area contributed by atoms with Crippen LogP contribution in [0.15, 0.2) is 54.6 Å². The monoisotopic (exact) mass is 1330 g/mol.